The number of rotatable bonds is 5. The Labute approximate surface area is 154 Å². The van der Waals surface area contributed by atoms with E-state index in [1.807, 2.05) is 49.4 Å². The van der Waals surface area contributed by atoms with Crippen molar-refractivity contribution in [2.45, 2.75) is 13.5 Å². The molecule has 0 saturated carbocycles. The van der Waals surface area contributed by atoms with Gasteiger partial charge in [0.2, 0.25) is 5.91 Å². The number of nitrogens with one attached hydrogen (secondary N) is 1. The van der Waals surface area contributed by atoms with Crippen LogP contribution in [0.3, 0.4) is 0 Å². The first kappa shape index (κ1) is 17.9. The van der Waals surface area contributed by atoms with E-state index in [0.29, 0.717) is 6.54 Å². The average Bonchev–Trinajstić information content (AvgIpc) is 2.59. The molecule has 0 spiro atoms. The summed E-state index contributed by atoms with van der Waals surface area (Å²) in [7, 11) is 0. The second kappa shape index (κ2) is 8.48. The summed E-state index contributed by atoms with van der Waals surface area (Å²) in [6.07, 6.45) is 0. The first-order valence-electron chi connectivity index (χ1n) is 8.65. The van der Waals surface area contributed by atoms with Gasteiger partial charge in [0.25, 0.3) is 0 Å². The fourth-order valence-electron chi connectivity index (χ4n) is 3.11. The van der Waals surface area contributed by atoms with E-state index < -0.39 is 0 Å². The third-order valence-electron chi connectivity index (χ3n) is 4.55. The van der Waals surface area contributed by atoms with Gasteiger partial charge in [0, 0.05) is 43.4 Å². The highest BCUT2D eigenvalue weighted by Gasteiger charge is 2.19. The number of hydrogen-bond donors (Lipinski definition) is 1. The summed E-state index contributed by atoms with van der Waals surface area (Å²) in [4.78, 5) is 16.9. The van der Waals surface area contributed by atoms with Crippen LogP contribution in [0.25, 0.3) is 0 Å². The van der Waals surface area contributed by atoms with Gasteiger partial charge in [0.15, 0.2) is 0 Å². The summed E-state index contributed by atoms with van der Waals surface area (Å²) >= 11 is 6.05. The number of nitrogens with zero attached hydrogens (tertiary/aromatic N) is 2. The number of benzene rings is 2. The topological polar surface area (TPSA) is 35.6 Å². The lowest BCUT2D eigenvalue weighted by Crippen LogP contribution is -2.48. The fourth-order valence-corrected chi connectivity index (χ4v) is 3.32. The van der Waals surface area contributed by atoms with Gasteiger partial charge in [0.05, 0.1) is 6.54 Å². The number of aryl methyl sites for hydroxylation is 1. The van der Waals surface area contributed by atoms with Crippen molar-refractivity contribution in [3.05, 3.63) is 64.7 Å². The molecule has 5 heteroatoms. The lowest BCUT2D eigenvalue weighted by atomic mass is 10.2. The van der Waals surface area contributed by atoms with E-state index in [9.17, 15) is 4.79 Å². The molecule has 1 aliphatic rings. The van der Waals surface area contributed by atoms with Gasteiger partial charge in [-0.3, -0.25) is 14.6 Å². The Hall–Kier alpha value is -1.88. The van der Waals surface area contributed by atoms with Crippen molar-refractivity contribution in [1.82, 2.24) is 9.80 Å². The van der Waals surface area contributed by atoms with Gasteiger partial charge in [-0.1, -0.05) is 41.9 Å². The average molecular weight is 358 g/mol. The first-order chi connectivity index (χ1) is 12.1. The molecule has 0 radical (unpaired) electrons. The van der Waals surface area contributed by atoms with Crippen molar-refractivity contribution in [1.29, 1.82) is 0 Å². The maximum atomic E-state index is 12.3. The Balaban J connectivity index is 1.44. The molecule has 0 bridgehead atoms. The molecule has 1 N–H and O–H groups in total. The quantitative estimate of drug-likeness (QED) is 0.890. The molecule has 4 nitrogen and oxygen atoms in total. The summed E-state index contributed by atoms with van der Waals surface area (Å²) in [6.45, 7) is 7.09. The molecule has 0 aromatic heterocycles. The minimum atomic E-state index is 0.0533. The smallest absolute Gasteiger partial charge is 0.238 e. The van der Waals surface area contributed by atoms with Crippen LogP contribution in [0.2, 0.25) is 5.02 Å². The number of piperazine rings is 1. The molecule has 1 amide bonds. The monoisotopic (exact) mass is 357 g/mol. The van der Waals surface area contributed by atoms with Crippen LogP contribution in [-0.2, 0) is 11.3 Å². The van der Waals surface area contributed by atoms with Crippen LogP contribution in [0.5, 0.6) is 0 Å². The predicted molar refractivity (Wildman–Crippen MR) is 103 cm³/mol. The zero-order valence-corrected chi connectivity index (χ0v) is 15.3. The van der Waals surface area contributed by atoms with E-state index in [1.165, 1.54) is 5.56 Å². The van der Waals surface area contributed by atoms with Crippen molar-refractivity contribution < 1.29 is 4.79 Å². The maximum absolute atomic E-state index is 12.3. The van der Waals surface area contributed by atoms with Gasteiger partial charge in [-0.15, -0.1) is 0 Å². The van der Waals surface area contributed by atoms with Crippen molar-refractivity contribution in [3.63, 3.8) is 0 Å². The SMILES string of the molecule is Cc1ccccc1NC(=O)CN1CCN(Cc2cccc(Cl)c2)CC1. The summed E-state index contributed by atoms with van der Waals surface area (Å²) in [5.74, 6) is 0.0533. The van der Waals surface area contributed by atoms with Gasteiger partial charge < -0.3 is 5.32 Å². The minimum absolute atomic E-state index is 0.0533. The van der Waals surface area contributed by atoms with Crippen molar-refractivity contribution in [2.75, 3.05) is 38.0 Å². The van der Waals surface area contributed by atoms with Crippen LogP contribution >= 0.6 is 11.6 Å². The van der Waals surface area contributed by atoms with Gasteiger partial charge in [-0.25, -0.2) is 0 Å². The number of halogens is 1. The van der Waals surface area contributed by atoms with E-state index in [0.717, 1.165) is 49.0 Å². The third kappa shape index (κ3) is 5.30. The molecule has 1 fully saturated rings. The van der Waals surface area contributed by atoms with E-state index in [4.69, 9.17) is 11.6 Å². The molecule has 1 heterocycles. The first-order valence-corrected chi connectivity index (χ1v) is 9.02. The van der Waals surface area contributed by atoms with Crippen LogP contribution in [-0.4, -0.2) is 48.4 Å². The summed E-state index contributed by atoms with van der Waals surface area (Å²) < 4.78 is 0. The van der Waals surface area contributed by atoms with E-state index in [2.05, 4.69) is 21.2 Å². The van der Waals surface area contributed by atoms with Gasteiger partial charge in [-0.05, 0) is 36.2 Å². The van der Waals surface area contributed by atoms with Crippen molar-refractivity contribution in [2.24, 2.45) is 0 Å². The standard InChI is InChI=1S/C20H24ClN3O/c1-16-5-2-3-8-19(16)22-20(25)15-24-11-9-23(10-12-24)14-17-6-4-7-18(21)13-17/h2-8,13H,9-12,14-15H2,1H3,(H,22,25). The Morgan fingerprint density at radius 2 is 1.76 bits per heavy atom. The lowest BCUT2D eigenvalue weighted by molar-refractivity contribution is -0.117. The molecule has 0 atom stereocenters. The highest BCUT2D eigenvalue weighted by atomic mass is 35.5. The predicted octanol–water partition coefficient (Wildman–Crippen LogP) is 3.40. The fraction of sp³-hybridized carbons (Fsp3) is 0.350. The zero-order chi connectivity index (χ0) is 17.6. The second-order valence-electron chi connectivity index (χ2n) is 6.55. The molecule has 132 valence electrons. The van der Waals surface area contributed by atoms with E-state index in [-0.39, 0.29) is 5.91 Å². The summed E-state index contributed by atoms with van der Waals surface area (Å²) in [6, 6.07) is 15.9. The number of hydrogen-bond acceptors (Lipinski definition) is 3. The molecule has 0 aliphatic carbocycles. The van der Waals surface area contributed by atoms with Crippen LogP contribution in [0.4, 0.5) is 5.69 Å². The largest absolute Gasteiger partial charge is 0.325 e. The highest BCUT2D eigenvalue weighted by molar-refractivity contribution is 6.30. The van der Waals surface area contributed by atoms with Gasteiger partial charge in [-0.2, -0.15) is 0 Å². The van der Waals surface area contributed by atoms with Crippen molar-refractivity contribution >= 4 is 23.2 Å². The Morgan fingerprint density at radius 1 is 1.04 bits per heavy atom. The number of amides is 1. The number of carbonyl (C=O) groups excluding carboxylic acids is 1. The van der Waals surface area contributed by atoms with E-state index in [1.54, 1.807) is 0 Å². The van der Waals surface area contributed by atoms with Crippen LogP contribution < -0.4 is 5.32 Å². The third-order valence-corrected chi connectivity index (χ3v) is 4.78. The van der Waals surface area contributed by atoms with Crippen LogP contribution in [0, 0.1) is 6.92 Å². The summed E-state index contributed by atoms with van der Waals surface area (Å²) in [5.41, 5.74) is 3.22. The normalized spacial score (nSPS) is 15.9. The Bertz CT molecular complexity index is 726. The van der Waals surface area contributed by atoms with Gasteiger partial charge in [0.1, 0.15) is 0 Å². The van der Waals surface area contributed by atoms with Crippen LogP contribution in [0.1, 0.15) is 11.1 Å². The number of anilines is 1. The molecule has 1 saturated heterocycles. The molecule has 2 aromatic rings. The second-order valence-corrected chi connectivity index (χ2v) is 6.98. The molecular formula is C20H24ClN3O. The maximum Gasteiger partial charge on any atom is 0.238 e. The lowest BCUT2D eigenvalue weighted by Gasteiger charge is -2.34. The van der Waals surface area contributed by atoms with Crippen molar-refractivity contribution in [3.8, 4) is 0 Å². The molecule has 3 rings (SSSR count). The van der Waals surface area contributed by atoms with Crippen LogP contribution in [0.15, 0.2) is 48.5 Å². The molecule has 1 aliphatic heterocycles. The Kier molecular flexibility index (Phi) is 6.08. The molecule has 25 heavy (non-hydrogen) atoms. The molecule has 0 unspecified atom stereocenters. The number of para-hydroxylation sites is 1. The van der Waals surface area contributed by atoms with Gasteiger partial charge >= 0.3 is 0 Å². The zero-order valence-electron chi connectivity index (χ0n) is 14.5. The number of carbonyl (C=O) groups is 1. The van der Waals surface area contributed by atoms with E-state index >= 15 is 0 Å². The minimum Gasteiger partial charge on any atom is -0.325 e. The molecular weight excluding hydrogens is 334 g/mol. The summed E-state index contributed by atoms with van der Waals surface area (Å²) in [5, 5.41) is 3.79. The Morgan fingerprint density at radius 3 is 2.48 bits per heavy atom. The molecule has 2 aromatic carbocycles. The highest BCUT2D eigenvalue weighted by Crippen LogP contribution is 2.15.